The van der Waals surface area contributed by atoms with Crippen molar-refractivity contribution in [3.63, 3.8) is 0 Å². The van der Waals surface area contributed by atoms with Crippen LogP contribution in [0.1, 0.15) is 6.42 Å². The molecule has 0 saturated heterocycles. The number of para-hydroxylation sites is 1. The highest BCUT2D eigenvalue weighted by Gasteiger charge is 2.14. The molecule has 0 heterocycles. The van der Waals surface area contributed by atoms with E-state index in [1.54, 1.807) is 19.2 Å². The van der Waals surface area contributed by atoms with Gasteiger partial charge >= 0.3 is 0 Å². The number of rotatable bonds is 9. The SMILES string of the molecule is COCCOCCCOc1cccc(S(C)(=O)=O)c1N. The molecular formula is C13H21NO5S. The number of hydrogen-bond donors (Lipinski definition) is 1. The first kappa shape index (κ1) is 16.7. The maximum absolute atomic E-state index is 11.5. The molecule has 0 saturated carbocycles. The number of ether oxygens (including phenoxy) is 3. The lowest BCUT2D eigenvalue weighted by molar-refractivity contribution is 0.0644. The Kier molecular flexibility index (Phi) is 6.77. The summed E-state index contributed by atoms with van der Waals surface area (Å²) in [6, 6.07) is 4.72. The highest BCUT2D eigenvalue weighted by atomic mass is 32.2. The molecule has 0 aromatic heterocycles. The lowest BCUT2D eigenvalue weighted by Gasteiger charge is -2.11. The Morgan fingerprint density at radius 3 is 2.55 bits per heavy atom. The summed E-state index contributed by atoms with van der Waals surface area (Å²) in [5.74, 6) is 0.379. The number of anilines is 1. The van der Waals surface area contributed by atoms with Gasteiger partial charge in [-0.1, -0.05) is 6.07 Å². The molecule has 7 heteroatoms. The first-order chi connectivity index (χ1) is 9.46. The molecule has 1 aromatic carbocycles. The van der Waals surface area contributed by atoms with E-state index in [0.29, 0.717) is 38.6 Å². The monoisotopic (exact) mass is 303 g/mol. The van der Waals surface area contributed by atoms with E-state index >= 15 is 0 Å². The van der Waals surface area contributed by atoms with E-state index in [4.69, 9.17) is 19.9 Å². The van der Waals surface area contributed by atoms with Crippen molar-refractivity contribution < 1.29 is 22.6 Å². The Morgan fingerprint density at radius 1 is 1.15 bits per heavy atom. The normalized spacial score (nSPS) is 11.5. The molecular weight excluding hydrogens is 282 g/mol. The Hall–Kier alpha value is -1.31. The fourth-order valence-corrected chi connectivity index (χ4v) is 2.39. The molecule has 0 bridgehead atoms. The summed E-state index contributed by atoms with van der Waals surface area (Å²) in [6.45, 7) is 2.06. The van der Waals surface area contributed by atoms with Crippen molar-refractivity contribution >= 4 is 15.5 Å². The van der Waals surface area contributed by atoms with Crippen molar-refractivity contribution in [1.29, 1.82) is 0 Å². The topological polar surface area (TPSA) is 87.9 Å². The number of methoxy groups -OCH3 is 1. The second kappa shape index (κ2) is 8.08. The zero-order valence-electron chi connectivity index (χ0n) is 11.8. The van der Waals surface area contributed by atoms with Gasteiger partial charge < -0.3 is 19.9 Å². The van der Waals surface area contributed by atoms with Crippen molar-refractivity contribution in [2.24, 2.45) is 0 Å². The predicted molar refractivity (Wildman–Crippen MR) is 76.8 cm³/mol. The van der Waals surface area contributed by atoms with Crippen LogP contribution in [0.5, 0.6) is 5.75 Å². The van der Waals surface area contributed by atoms with Gasteiger partial charge in [0.15, 0.2) is 9.84 Å². The van der Waals surface area contributed by atoms with Crippen LogP contribution in [0.4, 0.5) is 5.69 Å². The van der Waals surface area contributed by atoms with Crippen LogP contribution in [0.2, 0.25) is 0 Å². The summed E-state index contributed by atoms with van der Waals surface area (Å²) >= 11 is 0. The lowest BCUT2D eigenvalue weighted by atomic mass is 10.3. The lowest BCUT2D eigenvalue weighted by Crippen LogP contribution is -2.09. The molecule has 0 spiro atoms. The van der Waals surface area contributed by atoms with E-state index in [9.17, 15) is 8.42 Å². The molecule has 0 amide bonds. The van der Waals surface area contributed by atoms with Gasteiger partial charge in [-0.2, -0.15) is 0 Å². The van der Waals surface area contributed by atoms with Gasteiger partial charge in [-0.15, -0.1) is 0 Å². The van der Waals surface area contributed by atoms with Crippen LogP contribution in [0.3, 0.4) is 0 Å². The van der Waals surface area contributed by atoms with E-state index in [0.717, 1.165) is 6.26 Å². The maximum Gasteiger partial charge on any atom is 0.177 e. The second-order valence-electron chi connectivity index (χ2n) is 4.25. The van der Waals surface area contributed by atoms with Gasteiger partial charge in [0.2, 0.25) is 0 Å². The van der Waals surface area contributed by atoms with E-state index in [2.05, 4.69) is 0 Å². The molecule has 114 valence electrons. The quantitative estimate of drug-likeness (QED) is 0.543. The molecule has 20 heavy (non-hydrogen) atoms. The Labute approximate surface area is 119 Å². The fraction of sp³-hybridized carbons (Fsp3) is 0.538. The van der Waals surface area contributed by atoms with Crippen LogP contribution < -0.4 is 10.5 Å². The van der Waals surface area contributed by atoms with Gasteiger partial charge in [0.25, 0.3) is 0 Å². The molecule has 1 rings (SSSR count). The van der Waals surface area contributed by atoms with Gasteiger partial charge in [0, 0.05) is 26.4 Å². The largest absolute Gasteiger partial charge is 0.491 e. The maximum atomic E-state index is 11.5. The smallest absolute Gasteiger partial charge is 0.177 e. The molecule has 0 aliphatic heterocycles. The average Bonchev–Trinajstić information content (AvgIpc) is 2.38. The second-order valence-corrected chi connectivity index (χ2v) is 6.23. The van der Waals surface area contributed by atoms with Crippen molar-refractivity contribution in [3.05, 3.63) is 18.2 Å². The van der Waals surface area contributed by atoms with Crippen LogP contribution in [0, 0.1) is 0 Å². The Bertz CT molecular complexity index is 515. The van der Waals surface area contributed by atoms with Crippen LogP contribution >= 0.6 is 0 Å². The molecule has 2 N–H and O–H groups in total. The van der Waals surface area contributed by atoms with Crippen molar-refractivity contribution in [2.75, 3.05) is 45.5 Å². The summed E-state index contributed by atoms with van der Waals surface area (Å²) in [7, 11) is -1.73. The average molecular weight is 303 g/mol. The molecule has 0 atom stereocenters. The minimum Gasteiger partial charge on any atom is -0.491 e. The van der Waals surface area contributed by atoms with Crippen molar-refractivity contribution in [1.82, 2.24) is 0 Å². The van der Waals surface area contributed by atoms with Gasteiger partial charge in [-0.05, 0) is 12.1 Å². The first-order valence-electron chi connectivity index (χ1n) is 6.25. The number of hydrogen-bond acceptors (Lipinski definition) is 6. The molecule has 0 unspecified atom stereocenters. The highest BCUT2D eigenvalue weighted by Crippen LogP contribution is 2.28. The third-order valence-electron chi connectivity index (χ3n) is 2.55. The van der Waals surface area contributed by atoms with Crippen LogP contribution in [0.15, 0.2) is 23.1 Å². The van der Waals surface area contributed by atoms with Crippen molar-refractivity contribution in [3.8, 4) is 5.75 Å². The summed E-state index contributed by atoms with van der Waals surface area (Å²) in [4.78, 5) is 0.0892. The number of benzene rings is 1. The molecule has 6 nitrogen and oxygen atoms in total. The predicted octanol–water partition coefficient (Wildman–Crippen LogP) is 1.10. The third-order valence-corrected chi connectivity index (χ3v) is 3.70. The van der Waals surface area contributed by atoms with Crippen molar-refractivity contribution in [2.45, 2.75) is 11.3 Å². The zero-order valence-corrected chi connectivity index (χ0v) is 12.6. The third kappa shape index (κ3) is 5.36. The van der Waals surface area contributed by atoms with E-state index < -0.39 is 9.84 Å². The van der Waals surface area contributed by atoms with E-state index in [1.807, 2.05) is 0 Å². The molecule has 0 aliphatic rings. The van der Waals surface area contributed by atoms with Gasteiger partial charge in [0.1, 0.15) is 5.75 Å². The van der Waals surface area contributed by atoms with E-state index in [-0.39, 0.29) is 10.6 Å². The first-order valence-corrected chi connectivity index (χ1v) is 8.14. The summed E-state index contributed by atoms with van der Waals surface area (Å²) < 4.78 is 38.6. The van der Waals surface area contributed by atoms with Gasteiger partial charge in [-0.25, -0.2) is 8.42 Å². The molecule has 1 aromatic rings. The van der Waals surface area contributed by atoms with Gasteiger partial charge in [0.05, 0.1) is 30.4 Å². The number of sulfone groups is 1. The van der Waals surface area contributed by atoms with Crippen LogP contribution in [-0.4, -0.2) is 48.2 Å². The van der Waals surface area contributed by atoms with Crippen LogP contribution in [-0.2, 0) is 19.3 Å². The number of nitrogens with two attached hydrogens (primary N) is 1. The number of nitrogen functional groups attached to an aromatic ring is 1. The minimum absolute atomic E-state index is 0.0892. The van der Waals surface area contributed by atoms with Gasteiger partial charge in [-0.3, -0.25) is 0 Å². The molecule has 0 radical (unpaired) electrons. The summed E-state index contributed by atoms with van der Waals surface area (Å²) in [6.07, 6.45) is 1.80. The molecule has 0 aliphatic carbocycles. The molecule has 0 fully saturated rings. The Morgan fingerprint density at radius 2 is 1.90 bits per heavy atom. The minimum atomic E-state index is -3.35. The summed E-state index contributed by atoms with van der Waals surface area (Å²) in [5.41, 5.74) is 5.95. The highest BCUT2D eigenvalue weighted by molar-refractivity contribution is 7.90. The summed E-state index contributed by atoms with van der Waals surface area (Å²) in [5, 5.41) is 0. The van der Waals surface area contributed by atoms with Crippen LogP contribution in [0.25, 0.3) is 0 Å². The fourth-order valence-electron chi connectivity index (χ4n) is 1.56. The van der Waals surface area contributed by atoms with E-state index in [1.165, 1.54) is 6.07 Å². The standard InChI is InChI=1S/C13H21NO5S/c1-17-9-10-18-7-4-8-19-11-5-3-6-12(13(11)14)20(2,15)16/h3,5-6H,4,7-10,14H2,1-2H3. The Balaban J connectivity index is 2.45. The zero-order chi connectivity index (χ0) is 15.0.